The maximum atomic E-state index is 9.93. The molecule has 1 heterocycles. The molecule has 0 spiro atoms. The normalized spacial score (nSPS) is 26.2. The van der Waals surface area contributed by atoms with Gasteiger partial charge in [-0.25, -0.2) is 0 Å². The van der Waals surface area contributed by atoms with Gasteiger partial charge in [-0.1, -0.05) is 30.3 Å². The van der Waals surface area contributed by atoms with Gasteiger partial charge in [-0.05, 0) is 24.9 Å². The first kappa shape index (κ1) is 11.1. The van der Waals surface area contributed by atoms with Gasteiger partial charge >= 0.3 is 0 Å². The molecule has 1 atom stereocenters. The lowest BCUT2D eigenvalue weighted by molar-refractivity contribution is 0.0113. The van der Waals surface area contributed by atoms with Crippen LogP contribution in [0, 0.1) is 11.3 Å². The summed E-state index contributed by atoms with van der Waals surface area (Å²) in [6.07, 6.45) is 1.48. The zero-order valence-corrected chi connectivity index (χ0v) is 9.26. The summed E-state index contributed by atoms with van der Waals surface area (Å²) in [6, 6.07) is 12.2. The Bertz CT molecular complexity index is 385. The van der Waals surface area contributed by atoms with Gasteiger partial charge in [-0.15, -0.1) is 0 Å². The van der Waals surface area contributed by atoms with Crippen molar-refractivity contribution < 1.29 is 5.11 Å². The molecule has 84 valence electrons. The number of aliphatic hydroxyl groups is 1. The first-order valence-electron chi connectivity index (χ1n) is 5.62. The number of β-amino-alcohol motifs (C(OH)–C–C–N with tert-alkyl or cyclic N) is 1. The fourth-order valence-corrected chi connectivity index (χ4v) is 2.19. The molecule has 1 N–H and O–H groups in total. The fraction of sp³-hybridized carbons (Fsp3) is 0.462. The Hall–Kier alpha value is -1.37. The van der Waals surface area contributed by atoms with E-state index in [1.807, 2.05) is 24.3 Å². The SMILES string of the molecule is N#CC1(O)CCCN(Cc2ccccc2)C1. The Labute approximate surface area is 95.9 Å². The average Bonchev–Trinajstić information content (AvgIpc) is 2.30. The minimum Gasteiger partial charge on any atom is -0.374 e. The summed E-state index contributed by atoms with van der Waals surface area (Å²) < 4.78 is 0. The second-order valence-electron chi connectivity index (χ2n) is 4.44. The summed E-state index contributed by atoms with van der Waals surface area (Å²) in [6.45, 7) is 2.22. The molecule has 1 aliphatic rings. The van der Waals surface area contributed by atoms with Crippen molar-refractivity contribution in [3.8, 4) is 6.07 Å². The van der Waals surface area contributed by atoms with E-state index < -0.39 is 5.60 Å². The van der Waals surface area contributed by atoms with Gasteiger partial charge in [-0.2, -0.15) is 5.26 Å². The molecule has 2 rings (SSSR count). The Kier molecular flexibility index (Phi) is 3.23. The van der Waals surface area contributed by atoms with E-state index in [-0.39, 0.29) is 0 Å². The maximum absolute atomic E-state index is 9.93. The van der Waals surface area contributed by atoms with Crippen molar-refractivity contribution in [3.63, 3.8) is 0 Å². The lowest BCUT2D eigenvalue weighted by Crippen LogP contribution is -2.46. The van der Waals surface area contributed by atoms with Gasteiger partial charge in [-0.3, -0.25) is 4.90 Å². The smallest absolute Gasteiger partial charge is 0.163 e. The highest BCUT2D eigenvalue weighted by molar-refractivity contribution is 5.15. The van der Waals surface area contributed by atoms with Gasteiger partial charge in [0.1, 0.15) is 0 Å². The first-order valence-corrected chi connectivity index (χ1v) is 5.62. The third-order valence-corrected chi connectivity index (χ3v) is 3.01. The lowest BCUT2D eigenvalue weighted by Gasteiger charge is -2.34. The first-order chi connectivity index (χ1) is 7.72. The summed E-state index contributed by atoms with van der Waals surface area (Å²) in [4.78, 5) is 2.14. The Morgan fingerprint density at radius 2 is 2.12 bits per heavy atom. The molecule has 1 saturated heterocycles. The number of nitrogens with zero attached hydrogens (tertiary/aromatic N) is 2. The van der Waals surface area contributed by atoms with E-state index in [0.29, 0.717) is 13.0 Å². The van der Waals surface area contributed by atoms with E-state index in [9.17, 15) is 5.11 Å². The number of rotatable bonds is 2. The number of piperidine rings is 1. The largest absolute Gasteiger partial charge is 0.374 e. The molecule has 0 aliphatic carbocycles. The number of hydrogen-bond donors (Lipinski definition) is 1. The van der Waals surface area contributed by atoms with Gasteiger partial charge in [0.25, 0.3) is 0 Å². The third-order valence-electron chi connectivity index (χ3n) is 3.01. The van der Waals surface area contributed by atoms with Crippen LogP contribution in [-0.4, -0.2) is 28.7 Å². The highest BCUT2D eigenvalue weighted by Gasteiger charge is 2.32. The van der Waals surface area contributed by atoms with E-state index in [4.69, 9.17) is 5.26 Å². The number of nitriles is 1. The predicted octanol–water partition coefficient (Wildman–Crippen LogP) is 1.54. The van der Waals surface area contributed by atoms with Gasteiger partial charge < -0.3 is 5.11 Å². The van der Waals surface area contributed by atoms with Gasteiger partial charge in [0, 0.05) is 13.1 Å². The Morgan fingerprint density at radius 1 is 1.38 bits per heavy atom. The molecule has 3 nitrogen and oxygen atoms in total. The minimum absolute atomic E-state index is 0.457. The van der Waals surface area contributed by atoms with Gasteiger partial charge in [0.2, 0.25) is 0 Å². The minimum atomic E-state index is -1.15. The molecule has 1 aliphatic heterocycles. The molecule has 1 aromatic rings. The third kappa shape index (κ3) is 2.60. The topological polar surface area (TPSA) is 47.3 Å². The molecule has 1 fully saturated rings. The molecule has 1 unspecified atom stereocenters. The number of likely N-dealkylation sites (tertiary alicyclic amines) is 1. The van der Waals surface area contributed by atoms with Crippen molar-refractivity contribution in [1.82, 2.24) is 4.90 Å². The van der Waals surface area contributed by atoms with Crippen LogP contribution in [0.3, 0.4) is 0 Å². The zero-order chi connectivity index (χ0) is 11.4. The van der Waals surface area contributed by atoms with E-state index >= 15 is 0 Å². The van der Waals surface area contributed by atoms with Crippen LogP contribution in [-0.2, 0) is 6.54 Å². The summed E-state index contributed by atoms with van der Waals surface area (Å²) >= 11 is 0. The second kappa shape index (κ2) is 4.65. The predicted molar refractivity (Wildman–Crippen MR) is 61.5 cm³/mol. The van der Waals surface area contributed by atoms with Crippen LogP contribution in [0.15, 0.2) is 30.3 Å². The van der Waals surface area contributed by atoms with Crippen LogP contribution in [0.2, 0.25) is 0 Å². The summed E-state index contributed by atoms with van der Waals surface area (Å²) in [5, 5.41) is 18.8. The lowest BCUT2D eigenvalue weighted by atomic mass is 9.94. The maximum Gasteiger partial charge on any atom is 0.163 e. The summed E-state index contributed by atoms with van der Waals surface area (Å²) in [5.41, 5.74) is 0.0808. The van der Waals surface area contributed by atoms with Crippen LogP contribution in [0.25, 0.3) is 0 Å². The molecule has 0 amide bonds. The van der Waals surface area contributed by atoms with Gasteiger partial charge in [0.05, 0.1) is 6.07 Å². The monoisotopic (exact) mass is 216 g/mol. The van der Waals surface area contributed by atoms with Crippen LogP contribution >= 0.6 is 0 Å². The standard InChI is InChI=1S/C13H16N2O/c14-10-13(16)7-4-8-15(11-13)9-12-5-2-1-3-6-12/h1-3,5-6,16H,4,7-9,11H2. The van der Waals surface area contributed by atoms with E-state index in [1.165, 1.54) is 5.56 Å². The molecular weight excluding hydrogens is 200 g/mol. The van der Waals surface area contributed by atoms with Crippen molar-refractivity contribution in [2.45, 2.75) is 25.0 Å². The van der Waals surface area contributed by atoms with Crippen molar-refractivity contribution in [2.24, 2.45) is 0 Å². The van der Waals surface area contributed by atoms with E-state index in [2.05, 4.69) is 17.0 Å². The molecule has 0 aromatic heterocycles. The Morgan fingerprint density at radius 3 is 2.81 bits per heavy atom. The molecule has 3 heteroatoms. The van der Waals surface area contributed by atoms with Crippen LogP contribution < -0.4 is 0 Å². The molecule has 16 heavy (non-hydrogen) atoms. The quantitative estimate of drug-likeness (QED) is 0.763. The average molecular weight is 216 g/mol. The van der Waals surface area contributed by atoms with Crippen molar-refractivity contribution in [3.05, 3.63) is 35.9 Å². The molecule has 0 bridgehead atoms. The van der Waals surface area contributed by atoms with Crippen LogP contribution in [0.1, 0.15) is 18.4 Å². The highest BCUT2D eigenvalue weighted by Crippen LogP contribution is 2.21. The van der Waals surface area contributed by atoms with Crippen molar-refractivity contribution in [1.29, 1.82) is 5.26 Å². The summed E-state index contributed by atoms with van der Waals surface area (Å²) in [5.74, 6) is 0. The molecule has 0 radical (unpaired) electrons. The van der Waals surface area contributed by atoms with E-state index in [1.54, 1.807) is 0 Å². The molecular formula is C13H16N2O. The second-order valence-corrected chi connectivity index (χ2v) is 4.44. The van der Waals surface area contributed by atoms with Crippen molar-refractivity contribution in [2.75, 3.05) is 13.1 Å². The van der Waals surface area contributed by atoms with Crippen molar-refractivity contribution >= 4 is 0 Å². The zero-order valence-electron chi connectivity index (χ0n) is 9.26. The highest BCUT2D eigenvalue weighted by atomic mass is 16.3. The fourth-order valence-electron chi connectivity index (χ4n) is 2.19. The summed E-state index contributed by atoms with van der Waals surface area (Å²) in [7, 11) is 0. The molecule has 0 saturated carbocycles. The van der Waals surface area contributed by atoms with Crippen LogP contribution in [0.4, 0.5) is 0 Å². The number of benzene rings is 1. The molecule has 1 aromatic carbocycles. The van der Waals surface area contributed by atoms with Gasteiger partial charge in [0.15, 0.2) is 5.60 Å². The number of hydrogen-bond acceptors (Lipinski definition) is 3. The van der Waals surface area contributed by atoms with E-state index in [0.717, 1.165) is 19.5 Å². The Balaban J connectivity index is 1.99. The van der Waals surface area contributed by atoms with Crippen LogP contribution in [0.5, 0.6) is 0 Å².